The van der Waals surface area contributed by atoms with E-state index < -0.39 is 0 Å². The van der Waals surface area contributed by atoms with Crippen LogP contribution in [0.1, 0.15) is 12.5 Å². The molecule has 0 atom stereocenters. The fourth-order valence-corrected chi connectivity index (χ4v) is 2.61. The Morgan fingerprint density at radius 3 is 2.42 bits per heavy atom. The lowest BCUT2D eigenvalue weighted by Gasteiger charge is -2.12. The van der Waals surface area contributed by atoms with Crippen LogP contribution < -0.4 is 14.5 Å². The van der Waals surface area contributed by atoms with Gasteiger partial charge in [0.25, 0.3) is 5.91 Å². The largest absolute Gasteiger partial charge is 0.493 e. The van der Waals surface area contributed by atoms with Crippen molar-refractivity contribution in [2.24, 2.45) is 5.10 Å². The van der Waals surface area contributed by atoms with Gasteiger partial charge in [-0.2, -0.15) is 10.1 Å². The lowest BCUT2D eigenvalue weighted by molar-refractivity contribution is -0.114. The summed E-state index contributed by atoms with van der Waals surface area (Å²) in [5.74, 6) is 1.04. The standard InChI is InChI=1S/C19H18N2O3/c1-13-16(12-14-8-7-11-17(23-2)18(14)24-3)19(22)21(20-13)15-9-5-4-6-10-15/h4-12H,1-3H3/b16-12+. The monoisotopic (exact) mass is 322 g/mol. The first kappa shape index (κ1) is 15.8. The number of rotatable bonds is 4. The zero-order valence-corrected chi connectivity index (χ0v) is 13.8. The van der Waals surface area contributed by atoms with Crippen LogP contribution in [-0.4, -0.2) is 25.8 Å². The molecule has 5 nitrogen and oxygen atoms in total. The van der Waals surface area contributed by atoms with E-state index in [1.807, 2.05) is 55.5 Å². The molecule has 2 aromatic carbocycles. The number of hydrazone groups is 1. The Labute approximate surface area is 140 Å². The maximum Gasteiger partial charge on any atom is 0.280 e. The Morgan fingerprint density at radius 2 is 1.75 bits per heavy atom. The van der Waals surface area contributed by atoms with E-state index in [0.29, 0.717) is 22.8 Å². The normalized spacial score (nSPS) is 15.6. The Morgan fingerprint density at radius 1 is 1.00 bits per heavy atom. The van der Waals surface area contributed by atoms with E-state index in [-0.39, 0.29) is 5.91 Å². The van der Waals surface area contributed by atoms with Crippen molar-refractivity contribution in [3.63, 3.8) is 0 Å². The molecule has 3 rings (SSSR count). The van der Waals surface area contributed by atoms with Crippen molar-refractivity contribution >= 4 is 23.4 Å². The lowest BCUT2D eigenvalue weighted by atomic mass is 10.1. The molecule has 1 aliphatic heterocycles. The Hall–Kier alpha value is -3.08. The number of anilines is 1. The maximum absolute atomic E-state index is 12.7. The molecule has 1 aliphatic rings. The van der Waals surface area contributed by atoms with Crippen LogP contribution in [-0.2, 0) is 4.79 Å². The van der Waals surface area contributed by atoms with E-state index in [1.165, 1.54) is 5.01 Å². The third-order valence-electron chi connectivity index (χ3n) is 3.80. The Bertz CT molecular complexity index is 826. The second-order valence-electron chi connectivity index (χ2n) is 5.28. The van der Waals surface area contributed by atoms with Gasteiger partial charge >= 0.3 is 0 Å². The van der Waals surface area contributed by atoms with Gasteiger partial charge in [-0.3, -0.25) is 4.79 Å². The predicted octanol–water partition coefficient (Wildman–Crippen LogP) is 3.51. The fourth-order valence-electron chi connectivity index (χ4n) is 2.61. The number of carbonyl (C=O) groups excluding carboxylic acids is 1. The topological polar surface area (TPSA) is 51.1 Å². The number of hydrogen-bond acceptors (Lipinski definition) is 4. The maximum atomic E-state index is 12.7. The molecule has 0 aromatic heterocycles. The molecule has 2 aromatic rings. The number of benzene rings is 2. The summed E-state index contributed by atoms with van der Waals surface area (Å²) in [5, 5.41) is 5.79. The van der Waals surface area contributed by atoms with Crippen LogP contribution in [0.25, 0.3) is 6.08 Å². The first-order valence-electron chi connectivity index (χ1n) is 7.53. The zero-order valence-electron chi connectivity index (χ0n) is 13.8. The second-order valence-corrected chi connectivity index (χ2v) is 5.28. The van der Waals surface area contributed by atoms with E-state index in [2.05, 4.69) is 5.10 Å². The van der Waals surface area contributed by atoms with Gasteiger partial charge in [0.05, 0.1) is 31.2 Å². The van der Waals surface area contributed by atoms with Gasteiger partial charge in [0, 0.05) is 5.56 Å². The smallest absolute Gasteiger partial charge is 0.280 e. The molecule has 1 heterocycles. The van der Waals surface area contributed by atoms with E-state index >= 15 is 0 Å². The van der Waals surface area contributed by atoms with Crippen LogP contribution in [0.2, 0.25) is 0 Å². The summed E-state index contributed by atoms with van der Waals surface area (Å²) >= 11 is 0. The molecule has 122 valence electrons. The van der Waals surface area contributed by atoms with E-state index in [4.69, 9.17) is 9.47 Å². The van der Waals surface area contributed by atoms with Crippen molar-refractivity contribution in [1.29, 1.82) is 0 Å². The van der Waals surface area contributed by atoms with Crippen molar-refractivity contribution in [1.82, 2.24) is 0 Å². The summed E-state index contributed by atoms with van der Waals surface area (Å²) in [4.78, 5) is 12.7. The van der Waals surface area contributed by atoms with Crippen LogP contribution in [0.4, 0.5) is 5.69 Å². The zero-order chi connectivity index (χ0) is 17.1. The Kier molecular flexibility index (Phi) is 4.33. The third-order valence-corrected chi connectivity index (χ3v) is 3.80. The quantitative estimate of drug-likeness (QED) is 0.809. The van der Waals surface area contributed by atoms with Gasteiger partial charge in [-0.15, -0.1) is 0 Å². The van der Waals surface area contributed by atoms with E-state index in [1.54, 1.807) is 20.3 Å². The summed E-state index contributed by atoms with van der Waals surface area (Å²) < 4.78 is 10.7. The number of nitrogens with zero attached hydrogens (tertiary/aromatic N) is 2. The highest BCUT2D eigenvalue weighted by Gasteiger charge is 2.29. The number of para-hydroxylation sites is 2. The highest BCUT2D eigenvalue weighted by molar-refractivity contribution is 6.32. The van der Waals surface area contributed by atoms with E-state index in [0.717, 1.165) is 11.3 Å². The van der Waals surface area contributed by atoms with Crippen LogP contribution in [0.3, 0.4) is 0 Å². The number of ether oxygens (including phenoxy) is 2. The minimum absolute atomic E-state index is 0.163. The van der Waals surface area contributed by atoms with Crippen LogP contribution in [0.15, 0.2) is 59.2 Å². The van der Waals surface area contributed by atoms with Crippen LogP contribution >= 0.6 is 0 Å². The van der Waals surface area contributed by atoms with Crippen LogP contribution in [0, 0.1) is 0 Å². The van der Waals surface area contributed by atoms with Crippen molar-refractivity contribution in [2.45, 2.75) is 6.92 Å². The summed E-state index contributed by atoms with van der Waals surface area (Å²) in [7, 11) is 3.16. The van der Waals surface area contributed by atoms with Crippen molar-refractivity contribution in [2.75, 3.05) is 19.2 Å². The Balaban J connectivity index is 2.01. The summed E-state index contributed by atoms with van der Waals surface area (Å²) in [6, 6.07) is 14.9. The fraction of sp³-hybridized carbons (Fsp3) is 0.158. The average molecular weight is 322 g/mol. The van der Waals surface area contributed by atoms with Gasteiger partial charge in [0.2, 0.25) is 0 Å². The van der Waals surface area contributed by atoms with Crippen molar-refractivity contribution in [3.8, 4) is 11.5 Å². The van der Waals surface area contributed by atoms with Crippen LogP contribution in [0.5, 0.6) is 11.5 Å². The molecule has 1 amide bonds. The third kappa shape index (κ3) is 2.76. The first-order chi connectivity index (χ1) is 11.7. The van der Waals surface area contributed by atoms with Gasteiger partial charge in [-0.25, -0.2) is 0 Å². The number of carbonyl (C=O) groups is 1. The number of hydrogen-bond donors (Lipinski definition) is 0. The van der Waals surface area contributed by atoms with Gasteiger partial charge in [0.1, 0.15) is 0 Å². The molecule has 0 spiro atoms. The van der Waals surface area contributed by atoms with Gasteiger partial charge in [-0.1, -0.05) is 30.3 Å². The molecule has 0 fully saturated rings. The minimum atomic E-state index is -0.163. The molecule has 0 saturated heterocycles. The SMILES string of the molecule is COc1cccc(/C=C2/C(=O)N(c3ccccc3)N=C2C)c1OC. The molecule has 0 aliphatic carbocycles. The highest BCUT2D eigenvalue weighted by Crippen LogP contribution is 2.33. The summed E-state index contributed by atoms with van der Waals surface area (Å²) in [6.45, 7) is 1.82. The van der Waals surface area contributed by atoms with Gasteiger partial charge < -0.3 is 9.47 Å². The predicted molar refractivity (Wildman–Crippen MR) is 94.6 cm³/mol. The summed E-state index contributed by atoms with van der Waals surface area (Å²) in [6.07, 6.45) is 1.78. The van der Waals surface area contributed by atoms with Gasteiger partial charge in [-0.05, 0) is 31.2 Å². The molecular formula is C19H18N2O3. The highest BCUT2D eigenvalue weighted by atomic mass is 16.5. The molecule has 0 N–H and O–H groups in total. The molecule has 0 radical (unpaired) electrons. The lowest BCUT2D eigenvalue weighted by Crippen LogP contribution is -2.21. The number of methoxy groups -OCH3 is 2. The number of amides is 1. The molecule has 0 bridgehead atoms. The molecule has 24 heavy (non-hydrogen) atoms. The van der Waals surface area contributed by atoms with E-state index in [9.17, 15) is 4.79 Å². The molecular weight excluding hydrogens is 304 g/mol. The molecule has 0 unspecified atom stereocenters. The molecule has 5 heteroatoms. The average Bonchev–Trinajstić information content (AvgIpc) is 2.90. The van der Waals surface area contributed by atoms with Gasteiger partial charge in [0.15, 0.2) is 11.5 Å². The minimum Gasteiger partial charge on any atom is -0.493 e. The second kappa shape index (κ2) is 6.58. The van der Waals surface area contributed by atoms with Crippen molar-refractivity contribution in [3.05, 3.63) is 59.7 Å². The summed E-state index contributed by atoms with van der Waals surface area (Å²) in [5.41, 5.74) is 2.70. The molecule has 0 saturated carbocycles. The van der Waals surface area contributed by atoms with Crippen molar-refractivity contribution < 1.29 is 14.3 Å². The first-order valence-corrected chi connectivity index (χ1v) is 7.53.